The van der Waals surface area contributed by atoms with E-state index in [4.69, 9.17) is 9.41 Å². The number of hydrogen-bond acceptors (Lipinski definition) is 5. The van der Waals surface area contributed by atoms with E-state index in [0.29, 0.717) is 6.61 Å². The molecule has 4 nitrogen and oxygen atoms in total. The van der Waals surface area contributed by atoms with Crippen LogP contribution in [0.2, 0.25) is 18.1 Å². The first-order valence-corrected chi connectivity index (χ1v) is 13.8. The minimum absolute atomic E-state index is 0.133. The van der Waals surface area contributed by atoms with Crippen molar-refractivity contribution < 1.29 is 8.98 Å². The van der Waals surface area contributed by atoms with Crippen LogP contribution in [0.4, 0.5) is 0 Å². The van der Waals surface area contributed by atoms with Gasteiger partial charge in [-0.15, -0.1) is 16.1 Å². The molecule has 0 fully saturated rings. The predicted molar refractivity (Wildman–Crippen MR) is 113 cm³/mol. The molecule has 1 aromatic rings. The molecule has 146 valence electrons. The van der Waals surface area contributed by atoms with E-state index in [0.717, 1.165) is 17.1 Å². The van der Waals surface area contributed by atoms with Crippen LogP contribution in [0, 0.1) is 0 Å². The molecule has 0 radical (unpaired) electrons. The molecule has 0 bridgehead atoms. The van der Waals surface area contributed by atoms with Gasteiger partial charge in [-0.1, -0.05) is 27.7 Å². The lowest BCUT2D eigenvalue weighted by atomic mass is 10.1. The summed E-state index contributed by atoms with van der Waals surface area (Å²) in [6.07, 6.45) is 0.901. The Balaban J connectivity index is 3.11. The van der Waals surface area contributed by atoms with Gasteiger partial charge in [-0.05, 0) is 52.2 Å². The van der Waals surface area contributed by atoms with Crippen molar-refractivity contribution in [1.82, 2.24) is 9.71 Å². The van der Waals surface area contributed by atoms with Crippen LogP contribution in [0.5, 0.6) is 0 Å². The van der Waals surface area contributed by atoms with Crippen molar-refractivity contribution in [3.05, 3.63) is 16.1 Å². The van der Waals surface area contributed by atoms with Gasteiger partial charge in [0.15, 0.2) is 8.32 Å². The monoisotopic (exact) mass is 404 g/mol. The molecule has 7 heteroatoms. The van der Waals surface area contributed by atoms with Gasteiger partial charge < -0.3 is 8.98 Å². The molecule has 1 aromatic heterocycles. The summed E-state index contributed by atoms with van der Waals surface area (Å²) in [6, 6.07) is 0. The molecule has 0 aliphatic carbocycles. The minimum atomic E-state index is -1.91. The number of hydrogen-bond donors (Lipinski definition) is 1. The van der Waals surface area contributed by atoms with Crippen molar-refractivity contribution in [2.24, 2.45) is 0 Å². The van der Waals surface area contributed by atoms with E-state index in [1.807, 2.05) is 20.8 Å². The van der Waals surface area contributed by atoms with Crippen molar-refractivity contribution in [2.75, 3.05) is 6.61 Å². The van der Waals surface area contributed by atoms with Gasteiger partial charge in [0, 0.05) is 16.7 Å². The number of aromatic nitrogens is 1. The Hall–Kier alpha value is 0.0769. The van der Waals surface area contributed by atoms with Gasteiger partial charge in [0.1, 0.15) is 15.3 Å². The Kier molecular flexibility index (Phi) is 7.38. The lowest BCUT2D eigenvalue weighted by molar-refractivity contribution is 0.198. The molecule has 0 aliphatic rings. The molecular formula is C18H36N2O2S2Si. The highest BCUT2D eigenvalue weighted by Gasteiger charge is 2.43. The zero-order valence-corrected chi connectivity index (χ0v) is 20.2. The van der Waals surface area contributed by atoms with E-state index in [-0.39, 0.29) is 9.79 Å². The summed E-state index contributed by atoms with van der Waals surface area (Å²) in [7, 11) is -1.91. The molecule has 0 saturated carbocycles. The highest BCUT2D eigenvalue weighted by molar-refractivity contribution is 7.90. The van der Waals surface area contributed by atoms with Crippen LogP contribution in [-0.4, -0.2) is 29.2 Å². The summed E-state index contributed by atoms with van der Waals surface area (Å²) < 4.78 is 22.2. The summed E-state index contributed by atoms with van der Waals surface area (Å²) in [5.74, 6) is 0. The van der Waals surface area contributed by atoms with Gasteiger partial charge in [0.05, 0.1) is 12.3 Å². The van der Waals surface area contributed by atoms with Gasteiger partial charge in [-0.3, -0.25) is 0 Å². The van der Waals surface area contributed by atoms with Crippen LogP contribution in [0.3, 0.4) is 0 Å². The zero-order chi connectivity index (χ0) is 19.7. The highest BCUT2D eigenvalue weighted by Crippen LogP contribution is 2.38. The van der Waals surface area contributed by atoms with E-state index in [1.54, 1.807) is 11.3 Å². The van der Waals surface area contributed by atoms with E-state index < -0.39 is 25.2 Å². The lowest BCUT2D eigenvalue weighted by Crippen LogP contribution is -2.54. The predicted octanol–water partition coefficient (Wildman–Crippen LogP) is 4.99. The first-order chi connectivity index (χ1) is 11.1. The summed E-state index contributed by atoms with van der Waals surface area (Å²) in [5.41, 5.74) is 0.507. The van der Waals surface area contributed by atoms with Crippen LogP contribution in [-0.2, 0) is 27.7 Å². The Bertz CT molecular complexity index is 564. The zero-order valence-electron chi connectivity index (χ0n) is 17.6. The van der Waals surface area contributed by atoms with E-state index in [1.165, 1.54) is 0 Å². The number of thiazole rings is 1. The average molecular weight is 405 g/mol. The SMILES string of the molecule is CCc1csc([C@@](C)(CO[Si](C)(C)C(C)(C)C)N[S+]([O-])C(C)(C)C)n1. The second-order valence-electron chi connectivity index (χ2n) is 9.36. The van der Waals surface area contributed by atoms with Crippen molar-refractivity contribution in [1.29, 1.82) is 0 Å². The minimum Gasteiger partial charge on any atom is -0.598 e. The normalized spacial score (nSPS) is 17.4. The average Bonchev–Trinajstić information content (AvgIpc) is 2.92. The largest absolute Gasteiger partial charge is 0.598 e. The Morgan fingerprint density at radius 1 is 1.20 bits per heavy atom. The van der Waals surface area contributed by atoms with Crippen LogP contribution >= 0.6 is 11.3 Å². The quantitative estimate of drug-likeness (QED) is 0.513. The molecular weight excluding hydrogens is 368 g/mol. The number of rotatable bonds is 7. The van der Waals surface area contributed by atoms with Gasteiger partial charge >= 0.3 is 0 Å². The highest BCUT2D eigenvalue weighted by atomic mass is 32.2. The molecule has 0 amide bonds. The maximum atomic E-state index is 12.8. The summed E-state index contributed by atoms with van der Waals surface area (Å²) >= 11 is 0.422. The van der Waals surface area contributed by atoms with Crippen molar-refractivity contribution in [3.63, 3.8) is 0 Å². The molecule has 0 saturated heterocycles. The third kappa shape index (κ3) is 6.04. The van der Waals surface area contributed by atoms with Gasteiger partial charge in [-0.25, -0.2) is 4.98 Å². The third-order valence-electron chi connectivity index (χ3n) is 4.79. The molecule has 0 spiro atoms. The molecule has 0 aliphatic heterocycles. The maximum absolute atomic E-state index is 12.8. The molecule has 1 rings (SSSR count). The molecule has 2 atom stereocenters. The van der Waals surface area contributed by atoms with Crippen LogP contribution in [0.1, 0.15) is 66.1 Å². The fourth-order valence-electron chi connectivity index (χ4n) is 1.76. The van der Waals surface area contributed by atoms with E-state index >= 15 is 0 Å². The van der Waals surface area contributed by atoms with Crippen molar-refractivity contribution in [3.8, 4) is 0 Å². The molecule has 1 heterocycles. The van der Waals surface area contributed by atoms with E-state index in [9.17, 15) is 4.55 Å². The Labute approximate surface area is 162 Å². The van der Waals surface area contributed by atoms with Crippen LogP contribution < -0.4 is 4.72 Å². The van der Waals surface area contributed by atoms with Crippen molar-refractivity contribution >= 4 is 31.0 Å². The maximum Gasteiger partial charge on any atom is 0.192 e. The van der Waals surface area contributed by atoms with Gasteiger partial charge in [0.25, 0.3) is 0 Å². The molecule has 0 aromatic carbocycles. The second-order valence-corrected chi connectivity index (χ2v) is 17.0. The second kappa shape index (κ2) is 7.98. The smallest absolute Gasteiger partial charge is 0.192 e. The topological polar surface area (TPSA) is 57.2 Å². The third-order valence-corrected chi connectivity index (χ3v) is 12.2. The first kappa shape index (κ1) is 23.1. The molecule has 25 heavy (non-hydrogen) atoms. The van der Waals surface area contributed by atoms with Crippen molar-refractivity contribution in [2.45, 2.75) is 90.2 Å². The Morgan fingerprint density at radius 3 is 2.16 bits per heavy atom. The summed E-state index contributed by atoms with van der Waals surface area (Å²) in [5, 5.41) is 3.16. The van der Waals surface area contributed by atoms with Gasteiger partial charge in [0.2, 0.25) is 0 Å². The molecule has 1 N–H and O–H groups in total. The Morgan fingerprint density at radius 2 is 1.76 bits per heavy atom. The fraction of sp³-hybridized carbons (Fsp3) is 0.833. The summed E-state index contributed by atoms with van der Waals surface area (Å²) in [4.78, 5) is 4.76. The van der Waals surface area contributed by atoms with Gasteiger partial charge in [-0.2, -0.15) is 0 Å². The number of aryl methyl sites for hydroxylation is 1. The van der Waals surface area contributed by atoms with Crippen LogP contribution in [0.25, 0.3) is 0 Å². The lowest BCUT2D eigenvalue weighted by Gasteiger charge is -2.40. The molecule has 1 unspecified atom stereocenters. The van der Waals surface area contributed by atoms with E-state index in [2.05, 4.69) is 57.8 Å². The standard InChI is InChI=1S/C18H36N2O2S2Si/c1-11-14-12-23-15(19-14)18(8,20-24(21)16(2,3)4)13-22-25(9,10)17(5,6)7/h12,20H,11,13H2,1-10H3/t18-,24?/m1/s1. The first-order valence-electron chi connectivity index (χ1n) is 8.91. The fourth-order valence-corrected chi connectivity index (χ4v) is 4.78. The summed E-state index contributed by atoms with van der Waals surface area (Å²) in [6.45, 7) is 21.7. The number of nitrogens with zero attached hydrogens (tertiary/aromatic N) is 1. The number of nitrogens with one attached hydrogen (secondary N) is 1. The van der Waals surface area contributed by atoms with Crippen LogP contribution in [0.15, 0.2) is 5.38 Å².